The molecule has 2 aromatic heterocycles. The number of halogens is 3. The lowest BCUT2D eigenvalue weighted by Gasteiger charge is -2.38. The van der Waals surface area contributed by atoms with Crippen LogP contribution in [0.2, 0.25) is 0 Å². The molecule has 1 N–H and O–H groups in total. The molecule has 218 valence electrons. The molecule has 5 rings (SSSR count). The molecule has 3 saturated heterocycles. The van der Waals surface area contributed by atoms with Crippen molar-refractivity contribution >= 4 is 17.5 Å². The van der Waals surface area contributed by atoms with Gasteiger partial charge in [-0.05, 0) is 38.3 Å². The van der Waals surface area contributed by atoms with Gasteiger partial charge >= 0.3 is 6.18 Å². The number of nitrogens with zero attached hydrogens (tertiary/aromatic N) is 6. The quantitative estimate of drug-likeness (QED) is 0.569. The van der Waals surface area contributed by atoms with Gasteiger partial charge in [-0.3, -0.25) is 4.79 Å². The third-order valence-corrected chi connectivity index (χ3v) is 8.03. The highest BCUT2D eigenvalue weighted by Gasteiger charge is 2.34. The highest BCUT2D eigenvalue weighted by atomic mass is 19.4. The molecule has 10 nitrogen and oxygen atoms in total. The number of ether oxygens (including phenoxy) is 2. The van der Waals surface area contributed by atoms with Crippen molar-refractivity contribution in [3.05, 3.63) is 41.5 Å². The predicted octanol–water partition coefficient (Wildman–Crippen LogP) is 2.52. The van der Waals surface area contributed by atoms with E-state index in [0.717, 1.165) is 31.9 Å². The summed E-state index contributed by atoms with van der Waals surface area (Å²) in [6, 6.07) is 4.52. The summed E-state index contributed by atoms with van der Waals surface area (Å²) in [7, 11) is 1.71. The molecule has 3 aliphatic rings. The van der Waals surface area contributed by atoms with Gasteiger partial charge in [-0.1, -0.05) is 6.07 Å². The van der Waals surface area contributed by atoms with E-state index in [1.807, 2.05) is 21.6 Å². The summed E-state index contributed by atoms with van der Waals surface area (Å²) in [5, 5.41) is 3.71. The van der Waals surface area contributed by atoms with E-state index in [9.17, 15) is 18.0 Å². The second kappa shape index (κ2) is 12.2. The number of carbonyl (C=O) groups is 1. The largest absolute Gasteiger partial charge is 0.433 e. The number of alkyl halides is 3. The Balaban J connectivity index is 1.18. The van der Waals surface area contributed by atoms with Crippen molar-refractivity contribution in [2.24, 2.45) is 0 Å². The van der Waals surface area contributed by atoms with Crippen molar-refractivity contribution in [3.8, 4) is 0 Å². The number of nitrogens with one attached hydrogen (secondary N) is 1. The van der Waals surface area contributed by atoms with Crippen LogP contribution in [0.1, 0.15) is 41.0 Å². The third-order valence-electron chi connectivity index (χ3n) is 8.03. The Morgan fingerprint density at radius 2 is 1.77 bits per heavy atom. The zero-order valence-corrected chi connectivity index (χ0v) is 22.9. The number of hydrogen-bond donors (Lipinski definition) is 1. The number of piperidine rings is 1. The lowest BCUT2D eigenvalue weighted by atomic mass is 9.99. The smallest absolute Gasteiger partial charge is 0.379 e. The number of anilines is 2. The van der Waals surface area contributed by atoms with Crippen LogP contribution in [0.25, 0.3) is 0 Å². The second-order valence-electron chi connectivity index (χ2n) is 10.5. The summed E-state index contributed by atoms with van der Waals surface area (Å²) in [6.07, 6.45) is -0.419. The first-order valence-electron chi connectivity index (χ1n) is 13.8. The predicted molar refractivity (Wildman–Crippen MR) is 143 cm³/mol. The van der Waals surface area contributed by atoms with Crippen molar-refractivity contribution in [1.82, 2.24) is 25.2 Å². The minimum Gasteiger partial charge on any atom is -0.379 e. The van der Waals surface area contributed by atoms with E-state index in [4.69, 9.17) is 9.47 Å². The van der Waals surface area contributed by atoms with Crippen LogP contribution in [0.3, 0.4) is 0 Å². The maximum absolute atomic E-state index is 13.5. The number of aromatic nitrogens is 3. The van der Waals surface area contributed by atoms with Crippen LogP contribution < -0.4 is 15.1 Å². The number of piperazine rings is 1. The molecular formula is C27H36F3N7O3. The van der Waals surface area contributed by atoms with Gasteiger partial charge < -0.3 is 29.5 Å². The van der Waals surface area contributed by atoms with Gasteiger partial charge in [0.1, 0.15) is 29.4 Å². The summed E-state index contributed by atoms with van der Waals surface area (Å²) in [5.41, 5.74) is 0.204. The molecule has 40 heavy (non-hydrogen) atoms. The summed E-state index contributed by atoms with van der Waals surface area (Å²) in [6.45, 7) is 6.49. The maximum atomic E-state index is 13.5. The monoisotopic (exact) mass is 563 g/mol. The molecule has 2 atom stereocenters. The molecule has 0 spiro atoms. The Kier molecular flexibility index (Phi) is 8.71. The first-order valence-corrected chi connectivity index (χ1v) is 13.8. The highest BCUT2D eigenvalue weighted by Crippen LogP contribution is 2.30. The van der Waals surface area contributed by atoms with E-state index in [1.165, 1.54) is 12.4 Å². The molecule has 13 heteroatoms. The molecule has 0 saturated carbocycles. The Bertz CT molecular complexity index is 1170. The maximum Gasteiger partial charge on any atom is 0.433 e. The normalized spacial score (nSPS) is 23.0. The standard InChI is InChI=1S/C27H36F3N7O3/c1-18-24(26(38)37-9-6-19(7-10-37)33-20-8-15-40-16-21(20)39-2)31-17-32-25(18)36-13-11-35(12-14-36)23-5-3-4-22(34-23)27(28,29)30/h3-5,17,19-21,33H,6-16H2,1-2H3. The van der Waals surface area contributed by atoms with Gasteiger partial charge in [-0.15, -0.1) is 0 Å². The summed E-state index contributed by atoms with van der Waals surface area (Å²) in [4.78, 5) is 31.8. The van der Waals surface area contributed by atoms with Gasteiger partial charge in [0.2, 0.25) is 0 Å². The Morgan fingerprint density at radius 1 is 1.05 bits per heavy atom. The van der Waals surface area contributed by atoms with Crippen molar-refractivity contribution < 1.29 is 27.4 Å². The zero-order chi connectivity index (χ0) is 28.3. The topological polar surface area (TPSA) is 96.0 Å². The summed E-state index contributed by atoms with van der Waals surface area (Å²) < 4.78 is 50.4. The van der Waals surface area contributed by atoms with E-state index in [1.54, 1.807) is 13.2 Å². The number of hydrogen-bond acceptors (Lipinski definition) is 9. The van der Waals surface area contributed by atoms with Gasteiger partial charge in [-0.2, -0.15) is 13.2 Å². The first kappa shape index (κ1) is 28.5. The molecule has 5 heterocycles. The van der Waals surface area contributed by atoms with E-state index in [0.29, 0.717) is 74.8 Å². The van der Waals surface area contributed by atoms with Crippen LogP contribution in [0, 0.1) is 6.92 Å². The van der Waals surface area contributed by atoms with E-state index >= 15 is 0 Å². The number of rotatable bonds is 6. The molecular weight excluding hydrogens is 527 g/mol. The summed E-state index contributed by atoms with van der Waals surface area (Å²) >= 11 is 0. The Hall–Kier alpha value is -3.03. The van der Waals surface area contributed by atoms with Gasteiger partial charge in [0.25, 0.3) is 5.91 Å². The average molecular weight is 564 g/mol. The molecule has 0 radical (unpaired) electrons. The van der Waals surface area contributed by atoms with Crippen LogP contribution in [-0.4, -0.2) is 104 Å². The van der Waals surface area contributed by atoms with Crippen molar-refractivity contribution in [2.45, 2.75) is 50.6 Å². The third kappa shape index (κ3) is 6.31. The van der Waals surface area contributed by atoms with E-state index in [2.05, 4.69) is 20.3 Å². The van der Waals surface area contributed by atoms with Crippen LogP contribution in [0.5, 0.6) is 0 Å². The second-order valence-corrected chi connectivity index (χ2v) is 10.5. The lowest BCUT2D eigenvalue weighted by Crippen LogP contribution is -2.54. The fraction of sp³-hybridized carbons (Fsp3) is 0.630. The lowest BCUT2D eigenvalue weighted by molar-refractivity contribution is -0.141. The minimum absolute atomic E-state index is 0.0404. The van der Waals surface area contributed by atoms with Gasteiger partial charge in [0.05, 0.1) is 12.7 Å². The Labute approximate surface area is 231 Å². The molecule has 2 unspecified atom stereocenters. The number of pyridine rings is 1. The van der Waals surface area contributed by atoms with Crippen molar-refractivity contribution in [1.29, 1.82) is 0 Å². The average Bonchev–Trinajstić information content (AvgIpc) is 2.97. The molecule has 0 aromatic carbocycles. The highest BCUT2D eigenvalue weighted by molar-refractivity contribution is 5.94. The number of carbonyl (C=O) groups excluding carboxylic acids is 1. The molecule has 1 amide bonds. The summed E-state index contributed by atoms with van der Waals surface area (Å²) in [5.74, 6) is 0.876. The number of methoxy groups -OCH3 is 1. The van der Waals surface area contributed by atoms with Crippen LogP contribution in [0.15, 0.2) is 24.5 Å². The van der Waals surface area contributed by atoms with Gasteiger partial charge in [0.15, 0.2) is 0 Å². The van der Waals surface area contributed by atoms with Gasteiger partial charge in [-0.25, -0.2) is 15.0 Å². The fourth-order valence-corrected chi connectivity index (χ4v) is 5.72. The molecule has 0 bridgehead atoms. The minimum atomic E-state index is -4.48. The fourth-order valence-electron chi connectivity index (χ4n) is 5.72. The first-order chi connectivity index (χ1) is 19.2. The molecule has 3 aliphatic heterocycles. The van der Waals surface area contributed by atoms with Crippen molar-refractivity contribution in [3.63, 3.8) is 0 Å². The van der Waals surface area contributed by atoms with Crippen molar-refractivity contribution in [2.75, 3.05) is 69.4 Å². The number of likely N-dealkylation sites (tertiary alicyclic amines) is 1. The van der Waals surface area contributed by atoms with E-state index < -0.39 is 11.9 Å². The van der Waals surface area contributed by atoms with Gasteiger partial charge in [0, 0.05) is 70.6 Å². The SMILES string of the molecule is COC1COCCC1NC1CCN(C(=O)c2ncnc(N3CCN(c4cccc(C(F)(F)F)n4)CC3)c2C)CC1. The van der Waals surface area contributed by atoms with E-state index in [-0.39, 0.29) is 18.1 Å². The van der Waals surface area contributed by atoms with Crippen LogP contribution in [0.4, 0.5) is 24.8 Å². The zero-order valence-electron chi connectivity index (χ0n) is 22.9. The molecule has 0 aliphatic carbocycles. The van der Waals surface area contributed by atoms with Crippen LogP contribution >= 0.6 is 0 Å². The molecule has 3 fully saturated rings. The Morgan fingerprint density at radius 3 is 2.48 bits per heavy atom. The molecule has 2 aromatic rings. The van der Waals surface area contributed by atoms with Crippen LogP contribution in [-0.2, 0) is 15.7 Å². The number of amides is 1.